The predicted molar refractivity (Wildman–Crippen MR) is 154 cm³/mol. The summed E-state index contributed by atoms with van der Waals surface area (Å²) in [7, 11) is 0. The topological polar surface area (TPSA) is 58.2 Å². The van der Waals surface area contributed by atoms with Gasteiger partial charge in [-0.25, -0.2) is 0 Å². The maximum Gasteiger partial charge on any atom is 0.256 e. The minimum absolute atomic E-state index is 0.0143. The number of carbonyl (C=O) groups excluding carboxylic acids is 2. The Kier molecular flexibility index (Phi) is 7.90. The fourth-order valence-corrected chi connectivity index (χ4v) is 4.03. The normalized spacial score (nSPS) is 11.6. The van der Waals surface area contributed by atoms with Crippen molar-refractivity contribution in [1.29, 1.82) is 0 Å². The summed E-state index contributed by atoms with van der Waals surface area (Å²) in [5.41, 5.74) is 4.87. The van der Waals surface area contributed by atoms with Gasteiger partial charge in [0, 0.05) is 27.5 Å². The van der Waals surface area contributed by atoms with Crippen LogP contribution in [0.3, 0.4) is 0 Å². The third-order valence-electron chi connectivity index (χ3n) is 5.93. The second-order valence-electron chi connectivity index (χ2n) is 9.76. The van der Waals surface area contributed by atoms with Crippen LogP contribution in [0.4, 0.5) is 11.4 Å². The van der Waals surface area contributed by atoms with Crippen molar-refractivity contribution >= 4 is 46.4 Å². The van der Waals surface area contributed by atoms with Crippen molar-refractivity contribution in [3.63, 3.8) is 0 Å². The zero-order chi connectivity index (χ0) is 26.4. The van der Waals surface area contributed by atoms with Crippen molar-refractivity contribution < 1.29 is 9.59 Å². The Hall–Kier alpha value is -4.15. The van der Waals surface area contributed by atoms with Crippen LogP contribution >= 0.6 is 11.6 Å². The molecule has 2 amide bonds. The minimum atomic E-state index is -0.285. The van der Waals surface area contributed by atoms with Crippen LogP contribution in [0.25, 0.3) is 11.6 Å². The Labute approximate surface area is 223 Å². The lowest BCUT2D eigenvalue weighted by Crippen LogP contribution is -2.15. The smallest absolute Gasteiger partial charge is 0.256 e. The molecule has 0 radical (unpaired) electrons. The van der Waals surface area contributed by atoms with Crippen LogP contribution in [0, 0.1) is 0 Å². The number of anilines is 2. The molecule has 37 heavy (non-hydrogen) atoms. The molecule has 0 bridgehead atoms. The molecule has 4 aromatic rings. The third kappa shape index (κ3) is 6.75. The lowest BCUT2D eigenvalue weighted by Gasteiger charge is -2.19. The fourth-order valence-electron chi connectivity index (χ4n) is 3.84. The van der Waals surface area contributed by atoms with Crippen molar-refractivity contribution in [1.82, 2.24) is 0 Å². The van der Waals surface area contributed by atoms with E-state index in [-0.39, 0.29) is 17.2 Å². The standard InChI is InChI=1S/C32H29ClN2O2/c1-32(2,3)25-18-16-23(17-19-25)30(36)34-26-13-9-14-27(21-26)35-31(37)28(22-10-5-4-6-11-22)20-24-12-7-8-15-29(24)33/h4-21H,1-3H3,(H,34,36)(H,35,37)/b28-20+. The number of nitrogens with one attached hydrogen (secondary N) is 2. The first kappa shape index (κ1) is 25.9. The van der Waals surface area contributed by atoms with Crippen molar-refractivity contribution in [2.24, 2.45) is 0 Å². The molecule has 5 heteroatoms. The Morgan fingerprint density at radius 1 is 0.703 bits per heavy atom. The first-order chi connectivity index (χ1) is 17.7. The summed E-state index contributed by atoms with van der Waals surface area (Å²) < 4.78 is 0. The number of benzene rings is 4. The van der Waals surface area contributed by atoms with E-state index in [1.807, 2.05) is 72.8 Å². The molecule has 0 unspecified atom stereocenters. The number of amides is 2. The van der Waals surface area contributed by atoms with Crippen LogP contribution in [0.2, 0.25) is 5.02 Å². The van der Waals surface area contributed by atoms with Gasteiger partial charge in [0.25, 0.3) is 11.8 Å². The van der Waals surface area contributed by atoms with Gasteiger partial charge in [-0.05, 0) is 64.6 Å². The molecule has 0 aliphatic carbocycles. The number of halogens is 1. The van der Waals surface area contributed by atoms with Gasteiger partial charge in [-0.1, -0.05) is 99.1 Å². The van der Waals surface area contributed by atoms with Gasteiger partial charge in [-0.2, -0.15) is 0 Å². The van der Waals surface area contributed by atoms with Gasteiger partial charge >= 0.3 is 0 Å². The van der Waals surface area contributed by atoms with Gasteiger partial charge in [-0.3, -0.25) is 9.59 Å². The van der Waals surface area contributed by atoms with E-state index in [4.69, 9.17) is 11.6 Å². The molecule has 186 valence electrons. The molecular formula is C32H29ClN2O2. The van der Waals surface area contributed by atoms with Crippen molar-refractivity contribution in [2.75, 3.05) is 10.6 Å². The molecule has 0 spiro atoms. The summed E-state index contributed by atoms with van der Waals surface area (Å²) in [5.74, 6) is -0.500. The first-order valence-corrected chi connectivity index (χ1v) is 12.4. The highest BCUT2D eigenvalue weighted by molar-refractivity contribution is 6.34. The number of carbonyl (C=O) groups is 2. The largest absolute Gasteiger partial charge is 0.322 e. The number of rotatable bonds is 6. The molecule has 2 N–H and O–H groups in total. The van der Waals surface area contributed by atoms with Crippen molar-refractivity contribution in [3.05, 3.63) is 130 Å². The SMILES string of the molecule is CC(C)(C)c1ccc(C(=O)Nc2cccc(NC(=O)/C(=C/c3ccccc3Cl)c3ccccc3)c2)cc1. The van der Waals surface area contributed by atoms with Crippen LogP contribution in [0.1, 0.15) is 47.8 Å². The molecule has 0 aliphatic rings. The van der Waals surface area contributed by atoms with E-state index in [9.17, 15) is 9.59 Å². The molecular weight excluding hydrogens is 480 g/mol. The maximum absolute atomic E-state index is 13.4. The highest BCUT2D eigenvalue weighted by Gasteiger charge is 2.16. The summed E-state index contributed by atoms with van der Waals surface area (Å²) in [4.78, 5) is 26.2. The average molecular weight is 509 g/mol. The zero-order valence-corrected chi connectivity index (χ0v) is 21.8. The van der Waals surface area contributed by atoms with E-state index in [0.29, 0.717) is 27.5 Å². The van der Waals surface area contributed by atoms with E-state index < -0.39 is 0 Å². The van der Waals surface area contributed by atoms with E-state index in [1.165, 1.54) is 0 Å². The minimum Gasteiger partial charge on any atom is -0.322 e. The molecule has 4 nitrogen and oxygen atoms in total. The molecule has 0 atom stereocenters. The summed E-state index contributed by atoms with van der Waals surface area (Å²) in [6.07, 6.45) is 1.78. The molecule has 0 saturated carbocycles. The Morgan fingerprint density at radius 2 is 1.32 bits per heavy atom. The zero-order valence-electron chi connectivity index (χ0n) is 21.1. The van der Waals surface area contributed by atoms with Gasteiger partial charge in [-0.15, -0.1) is 0 Å². The molecule has 0 fully saturated rings. The molecule has 0 saturated heterocycles. The Bertz CT molecular complexity index is 1440. The van der Waals surface area contributed by atoms with Gasteiger partial charge in [0.1, 0.15) is 0 Å². The van der Waals surface area contributed by atoms with E-state index in [1.54, 1.807) is 36.4 Å². The van der Waals surface area contributed by atoms with Crippen molar-refractivity contribution in [2.45, 2.75) is 26.2 Å². The Morgan fingerprint density at radius 3 is 1.97 bits per heavy atom. The lowest BCUT2D eigenvalue weighted by atomic mass is 9.87. The number of hydrogen-bond acceptors (Lipinski definition) is 2. The lowest BCUT2D eigenvalue weighted by molar-refractivity contribution is -0.111. The second-order valence-corrected chi connectivity index (χ2v) is 10.2. The van der Waals surface area contributed by atoms with E-state index in [2.05, 4.69) is 31.4 Å². The van der Waals surface area contributed by atoms with Crippen LogP contribution in [0.15, 0.2) is 103 Å². The second kappa shape index (κ2) is 11.3. The first-order valence-electron chi connectivity index (χ1n) is 12.1. The van der Waals surface area contributed by atoms with Crippen LogP contribution in [-0.4, -0.2) is 11.8 Å². The molecule has 0 aromatic heterocycles. The summed E-state index contributed by atoms with van der Waals surface area (Å²) in [6, 6.07) is 31.5. The fraction of sp³-hybridized carbons (Fsp3) is 0.125. The quantitative estimate of drug-likeness (QED) is 0.204. The van der Waals surface area contributed by atoms with Crippen LogP contribution in [-0.2, 0) is 10.2 Å². The predicted octanol–water partition coefficient (Wildman–Crippen LogP) is 8.07. The van der Waals surface area contributed by atoms with Gasteiger partial charge < -0.3 is 10.6 Å². The van der Waals surface area contributed by atoms with E-state index >= 15 is 0 Å². The van der Waals surface area contributed by atoms with Gasteiger partial charge in [0.2, 0.25) is 0 Å². The molecule has 4 rings (SSSR count). The number of hydrogen-bond donors (Lipinski definition) is 2. The average Bonchev–Trinajstić information content (AvgIpc) is 2.88. The maximum atomic E-state index is 13.4. The summed E-state index contributed by atoms with van der Waals surface area (Å²) >= 11 is 6.35. The summed E-state index contributed by atoms with van der Waals surface area (Å²) in [6.45, 7) is 6.40. The Balaban J connectivity index is 1.53. The molecule has 4 aromatic carbocycles. The monoisotopic (exact) mass is 508 g/mol. The third-order valence-corrected chi connectivity index (χ3v) is 6.27. The van der Waals surface area contributed by atoms with Gasteiger partial charge in [0.05, 0.1) is 0 Å². The highest BCUT2D eigenvalue weighted by Crippen LogP contribution is 2.26. The summed E-state index contributed by atoms with van der Waals surface area (Å²) in [5, 5.41) is 6.43. The molecule has 0 aliphatic heterocycles. The van der Waals surface area contributed by atoms with Gasteiger partial charge in [0.15, 0.2) is 0 Å². The van der Waals surface area contributed by atoms with Crippen LogP contribution < -0.4 is 10.6 Å². The van der Waals surface area contributed by atoms with Crippen molar-refractivity contribution in [3.8, 4) is 0 Å². The molecule has 0 heterocycles. The van der Waals surface area contributed by atoms with E-state index in [0.717, 1.165) is 16.7 Å². The highest BCUT2D eigenvalue weighted by atomic mass is 35.5. The van der Waals surface area contributed by atoms with Crippen LogP contribution in [0.5, 0.6) is 0 Å².